The largest absolute Gasteiger partial charge is 0.461 e. The molecule has 0 N–H and O–H groups in total. The Morgan fingerprint density at radius 2 is 2.41 bits per heavy atom. The van der Waals surface area contributed by atoms with Gasteiger partial charge in [-0.2, -0.15) is 5.26 Å². The fourth-order valence-corrected chi connectivity index (χ4v) is 2.04. The Bertz CT molecular complexity index is 452. The van der Waals surface area contributed by atoms with Crippen LogP contribution in [0, 0.1) is 16.7 Å². The molecule has 4 heteroatoms. The average Bonchev–Trinajstić information content (AvgIpc) is 2.89. The van der Waals surface area contributed by atoms with Crippen LogP contribution < -0.4 is 0 Å². The Kier molecular flexibility index (Phi) is 3.19. The Morgan fingerprint density at radius 1 is 1.65 bits per heavy atom. The molecule has 1 aliphatic rings. The zero-order valence-corrected chi connectivity index (χ0v) is 9.98. The van der Waals surface area contributed by atoms with Crippen molar-refractivity contribution in [3.05, 3.63) is 24.0 Å². The van der Waals surface area contributed by atoms with Gasteiger partial charge in [0.05, 0.1) is 12.7 Å². The molecule has 1 aliphatic carbocycles. The summed E-state index contributed by atoms with van der Waals surface area (Å²) in [5.41, 5.74) is 0.672. The molecule has 1 fully saturated rings. The maximum absolute atomic E-state index is 11.7. The van der Waals surface area contributed by atoms with E-state index in [1.807, 2.05) is 16.8 Å². The Balaban J connectivity index is 2.10. The summed E-state index contributed by atoms with van der Waals surface area (Å²) in [4.78, 5) is 11.7. The number of nitriles is 1. The molecule has 0 aromatic carbocycles. The molecule has 0 radical (unpaired) electrons. The third-order valence-corrected chi connectivity index (χ3v) is 3.23. The molecular formula is C13H16N2O2. The van der Waals surface area contributed by atoms with E-state index in [1.54, 1.807) is 13.0 Å². The molecule has 1 heterocycles. The summed E-state index contributed by atoms with van der Waals surface area (Å²) >= 11 is 0. The van der Waals surface area contributed by atoms with E-state index in [0.29, 0.717) is 18.7 Å². The number of rotatable bonds is 5. The Morgan fingerprint density at radius 3 is 3.00 bits per heavy atom. The van der Waals surface area contributed by atoms with Crippen molar-refractivity contribution in [1.82, 2.24) is 4.57 Å². The van der Waals surface area contributed by atoms with Crippen LogP contribution in [-0.2, 0) is 11.3 Å². The molecule has 0 bridgehead atoms. The van der Waals surface area contributed by atoms with E-state index in [-0.39, 0.29) is 11.4 Å². The highest BCUT2D eigenvalue weighted by molar-refractivity contribution is 5.87. The molecule has 17 heavy (non-hydrogen) atoms. The van der Waals surface area contributed by atoms with Gasteiger partial charge in [-0.3, -0.25) is 0 Å². The van der Waals surface area contributed by atoms with Gasteiger partial charge in [-0.15, -0.1) is 0 Å². The quantitative estimate of drug-likeness (QED) is 0.732. The van der Waals surface area contributed by atoms with Gasteiger partial charge in [-0.05, 0) is 31.9 Å². The lowest BCUT2D eigenvalue weighted by atomic mass is 10.0. The number of carbonyl (C=O) groups excluding carboxylic acids is 1. The maximum atomic E-state index is 11.7. The molecule has 2 rings (SSSR count). The highest BCUT2D eigenvalue weighted by Gasteiger charge is 2.43. The summed E-state index contributed by atoms with van der Waals surface area (Å²) < 4.78 is 6.90. The SMILES string of the molecule is CCOC(=O)c1cccn1CC1(CC#N)CC1. The van der Waals surface area contributed by atoms with E-state index in [4.69, 9.17) is 10.00 Å². The van der Waals surface area contributed by atoms with Crippen LogP contribution in [-0.4, -0.2) is 17.1 Å². The zero-order chi connectivity index (χ0) is 12.3. The second kappa shape index (κ2) is 4.62. The van der Waals surface area contributed by atoms with Gasteiger partial charge < -0.3 is 9.30 Å². The summed E-state index contributed by atoms with van der Waals surface area (Å²) in [5.74, 6) is -0.287. The Hall–Kier alpha value is -1.76. The lowest BCUT2D eigenvalue weighted by molar-refractivity contribution is 0.0512. The lowest BCUT2D eigenvalue weighted by Crippen LogP contribution is -2.17. The van der Waals surface area contributed by atoms with Crippen LogP contribution in [0.1, 0.15) is 36.7 Å². The van der Waals surface area contributed by atoms with Gasteiger partial charge >= 0.3 is 5.97 Å². The predicted molar refractivity (Wildman–Crippen MR) is 62.3 cm³/mol. The second-order valence-electron chi connectivity index (χ2n) is 4.58. The number of carbonyl (C=O) groups is 1. The van der Waals surface area contributed by atoms with Crippen molar-refractivity contribution in [2.24, 2.45) is 5.41 Å². The number of hydrogen-bond acceptors (Lipinski definition) is 3. The molecule has 4 nitrogen and oxygen atoms in total. The monoisotopic (exact) mass is 232 g/mol. The molecule has 1 saturated carbocycles. The molecule has 1 aromatic rings. The molecule has 1 aromatic heterocycles. The fraction of sp³-hybridized carbons (Fsp3) is 0.538. The summed E-state index contributed by atoms with van der Waals surface area (Å²) in [5, 5.41) is 8.78. The molecule has 0 unspecified atom stereocenters. The van der Waals surface area contributed by atoms with Gasteiger partial charge in [0, 0.05) is 24.6 Å². The van der Waals surface area contributed by atoms with E-state index in [2.05, 4.69) is 6.07 Å². The first kappa shape index (κ1) is 11.7. The molecular weight excluding hydrogens is 216 g/mol. The number of aromatic nitrogens is 1. The third-order valence-electron chi connectivity index (χ3n) is 3.23. The minimum atomic E-state index is -0.287. The van der Waals surface area contributed by atoms with E-state index in [1.165, 1.54) is 0 Å². The van der Waals surface area contributed by atoms with Crippen LogP contribution >= 0.6 is 0 Å². The number of esters is 1. The van der Waals surface area contributed by atoms with E-state index in [9.17, 15) is 4.79 Å². The molecule has 90 valence electrons. The second-order valence-corrected chi connectivity index (χ2v) is 4.58. The molecule has 0 atom stereocenters. The smallest absolute Gasteiger partial charge is 0.354 e. The number of ether oxygens (including phenoxy) is 1. The summed E-state index contributed by atoms with van der Waals surface area (Å²) in [6.45, 7) is 2.91. The molecule has 0 amide bonds. The lowest BCUT2D eigenvalue weighted by Gasteiger charge is -2.14. The van der Waals surface area contributed by atoms with Crippen LogP contribution in [0.5, 0.6) is 0 Å². The van der Waals surface area contributed by atoms with Crippen molar-refractivity contribution in [3.8, 4) is 6.07 Å². The van der Waals surface area contributed by atoms with E-state index < -0.39 is 0 Å². The first-order valence-corrected chi connectivity index (χ1v) is 5.90. The van der Waals surface area contributed by atoms with E-state index >= 15 is 0 Å². The van der Waals surface area contributed by atoms with Gasteiger partial charge in [0.25, 0.3) is 0 Å². The van der Waals surface area contributed by atoms with Gasteiger partial charge in [-0.1, -0.05) is 0 Å². The highest BCUT2D eigenvalue weighted by atomic mass is 16.5. The summed E-state index contributed by atoms with van der Waals surface area (Å²) in [7, 11) is 0. The van der Waals surface area contributed by atoms with Crippen LogP contribution in [0.4, 0.5) is 0 Å². The van der Waals surface area contributed by atoms with Crippen molar-refractivity contribution in [3.63, 3.8) is 0 Å². The average molecular weight is 232 g/mol. The van der Waals surface area contributed by atoms with Crippen molar-refractivity contribution in [2.75, 3.05) is 6.61 Å². The van der Waals surface area contributed by atoms with Gasteiger partial charge in [-0.25, -0.2) is 4.79 Å². The van der Waals surface area contributed by atoms with Crippen molar-refractivity contribution < 1.29 is 9.53 Å². The van der Waals surface area contributed by atoms with Gasteiger partial charge in [0.15, 0.2) is 0 Å². The third kappa shape index (κ3) is 2.50. The topological polar surface area (TPSA) is 55.0 Å². The Labute approximate surface area is 101 Å². The standard InChI is InChI=1S/C13H16N2O2/c1-2-17-12(16)11-4-3-9-15(11)10-13(5-6-13)7-8-14/h3-4,9H,2,5-7,10H2,1H3. The fourth-order valence-electron chi connectivity index (χ4n) is 2.04. The predicted octanol–water partition coefficient (Wildman–Crippen LogP) is 2.36. The van der Waals surface area contributed by atoms with Crippen molar-refractivity contribution >= 4 is 5.97 Å². The minimum Gasteiger partial charge on any atom is -0.461 e. The summed E-state index contributed by atoms with van der Waals surface area (Å²) in [6.07, 6.45) is 4.58. The van der Waals surface area contributed by atoms with E-state index in [0.717, 1.165) is 19.4 Å². The minimum absolute atomic E-state index is 0.0923. The van der Waals surface area contributed by atoms with Gasteiger partial charge in [0.2, 0.25) is 0 Å². The van der Waals surface area contributed by atoms with Crippen LogP contribution in [0.3, 0.4) is 0 Å². The molecule has 0 aliphatic heterocycles. The van der Waals surface area contributed by atoms with Crippen molar-refractivity contribution in [1.29, 1.82) is 5.26 Å². The van der Waals surface area contributed by atoms with Crippen LogP contribution in [0.25, 0.3) is 0 Å². The molecule has 0 saturated heterocycles. The maximum Gasteiger partial charge on any atom is 0.354 e. The van der Waals surface area contributed by atoms with Crippen LogP contribution in [0.15, 0.2) is 18.3 Å². The zero-order valence-electron chi connectivity index (χ0n) is 9.98. The molecule has 0 spiro atoms. The van der Waals surface area contributed by atoms with Crippen LogP contribution in [0.2, 0.25) is 0 Å². The highest BCUT2D eigenvalue weighted by Crippen LogP contribution is 2.50. The summed E-state index contributed by atoms with van der Waals surface area (Å²) in [6, 6.07) is 5.83. The number of nitrogens with zero attached hydrogens (tertiary/aromatic N) is 2. The van der Waals surface area contributed by atoms with Gasteiger partial charge in [0.1, 0.15) is 5.69 Å². The number of hydrogen-bond donors (Lipinski definition) is 0. The van der Waals surface area contributed by atoms with Crippen molar-refractivity contribution in [2.45, 2.75) is 32.7 Å². The first-order chi connectivity index (χ1) is 8.21. The first-order valence-electron chi connectivity index (χ1n) is 5.90. The normalized spacial score (nSPS) is 16.2.